The van der Waals surface area contributed by atoms with Gasteiger partial charge in [0.1, 0.15) is 5.69 Å². The third kappa shape index (κ3) is 4.99. The van der Waals surface area contributed by atoms with Crippen molar-refractivity contribution in [1.29, 1.82) is 0 Å². The van der Waals surface area contributed by atoms with Crippen LogP contribution in [-0.2, 0) is 6.18 Å². The maximum atomic E-state index is 13.3. The van der Waals surface area contributed by atoms with Gasteiger partial charge in [0, 0.05) is 51.6 Å². The molecule has 11 heteroatoms. The van der Waals surface area contributed by atoms with Crippen LogP contribution in [0.5, 0.6) is 0 Å². The molecule has 0 radical (unpaired) electrons. The predicted octanol–water partition coefficient (Wildman–Crippen LogP) is 2.52. The Hall–Kier alpha value is -1.75. The highest BCUT2D eigenvalue weighted by Crippen LogP contribution is 2.31. The quantitative estimate of drug-likeness (QED) is 0.752. The first-order chi connectivity index (χ1) is 13.0. The molecule has 28 heavy (non-hydrogen) atoms. The Morgan fingerprint density at radius 3 is 2.43 bits per heavy atom. The Morgan fingerprint density at radius 2 is 1.82 bits per heavy atom. The number of aromatic nitrogens is 2. The Bertz CT molecular complexity index is 698. The maximum absolute atomic E-state index is 13.3. The normalized spacial score (nSPS) is 26.9. The van der Waals surface area contributed by atoms with Crippen LogP contribution in [0.3, 0.4) is 0 Å². The number of hydrogen-bond acceptors (Lipinski definition) is 4. The van der Waals surface area contributed by atoms with Crippen molar-refractivity contribution in [3.63, 3.8) is 0 Å². The molecular weight excluding hydrogens is 387 g/mol. The fourth-order valence-corrected chi connectivity index (χ4v) is 3.73. The molecule has 1 aromatic heterocycles. The number of H-pyrrole nitrogens is 1. The van der Waals surface area contributed by atoms with Gasteiger partial charge >= 0.3 is 6.18 Å². The van der Waals surface area contributed by atoms with E-state index in [1.807, 2.05) is 5.10 Å². The fourth-order valence-electron chi connectivity index (χ4n) is 3.73. The molecule has 0 unspecified atom stereocenters. The number of piperidine rings is 1. The summed E-state index contributed by atoms with van der Waals surface area (Å²) < 4.78 is 64.6. The molecule has 2 aliphatic heterocycles. The minimum atomic E-state index is -4.62. The summed E-state index contributed by atoms with van der Waals surface area (Å²) in [5, 5.41) is 16.1. The van der Waals surface area contributed by atoms with E-state index in [0.29, 0.717) is 18.9 Å². The second-order valence-electron chi connectivity index (χ2n) is 7.67. The van der Waals surface area contributed by atoms with Crippen LogP contribution in [0.2, 0.25) is 0 Å². The molecule has 6 nitrogen and oxygen atoms in total. The minimum Gasteiger partial charge on any atom is -0.388 e. The molecule has 3 rings (SSSR count). The van der Waals surface area contributed by atoms with E-state index in [9.17, 15) is 31.9 Å². The van der Waals surface area contributed by atoms with Gasteiger partial charge in [0.2, 0.25) is 0 Å². The average Bonchev–Trinajstić information content (AvgIpc) is 3.02. The van der Waals surface area contributed by atoms with Crippen LogP contribution >= 0.6 is 0 Å². The summed E-state index contributed by atoms with van der Waals surface area (Å²) in [5.41, 5.74) is -2.54. The van der Waals surface area contributed by atoms with Crippen molar-refractivity contribution < 1.29 is 31.9 Å². The first-order valence-electron chi connectivity index (χ1n) is 9.22. The second-order valence-corrected chi connectivity index (χ2v) is 7.67. The molecule has 158 valence electrons. The smallest absolute Gasteiger partial charge is 0.388 e. The van der Waals surface area contributed by atoms with Gasteiger partial charge in [-0.05, 0) is 19.3 Å². The van der Waals surface area contributed by atoms with Crippen LogP contribution in [0.15, 0.2) is 6.07 Å². The van der Waals surface area contributed by atoms with Gasteiger partial charge < -0.3 is 14.9 Å². The summed E-state index contributed by atoms with van der Waals surface area (Å²) in [4.78, 5) is 15.6. The molecule has 0 bridgehead atoms. The van der Waals surface area contributed by atoms with E-state index in [4.69, 9.17) is 0 Å². The number of nitrogens with one attached hydrogen (secondary N) is 1. The molecule has 2 saturated heterocycles. The predicted molar refractivity (Wildman–Crippen MR) is 88.9 cm³/mol. The standard InChI is InChI=1S/C17H23F5N4O2/c18-16(19)4-7-25(8-5-16)11-15(28)2-1-6-26(9-3-15)14(27)12-10-13(24-23-12)17(20,21)22/h10,28H,1-9,11H2,(H,23,24)/t15-/m0/s1. The molecule has 0 saturated carbocycles. The lowest BCUT2D eigenvalue weighted by molar-refractivity contribution is -0.141. The van der Waals surface area contributed by atoms with Crippen molar-refractivity contribution in [3.05, 3.63) is 17.5 Å². The number of carbonyl (C=O) groups excluding carboxylic acids is 1. The van der Waals surface area contributed by atoms with Crippen LogP contribution in [0.1, 0.15) is 48.3 Å². The Balaban J connectivity index is 1.58. The van der Waals surface area contributed by atoms with Gasteiger partial charge in [-0.25, -0.2) is 8.78 Å². The molecular formula is C17H23F5N4O2. The van der Waals surface area contributed by atoms with Crippen LogP contribution < -0.4 is 0 Å². The lowest BCUT2D eigenvalue weighted by atomic mass is 9.93. The maximum Gasteiger partial charge on any atom is 0.432 e. The number of aromatic amines is 1. The molecule has 1 amide bonds. The largest absolute Gasteiger partial charge is 0.432 e. The molecule has 0 aliphatic carbocycles. The lowest BCUT2D eigenvalue weighted by Gasteiger charge is -2.37. The Labute approximate surface area is 158 Å². The number of likely N-dealkylation sites (tertiary alicyclic amines) is 2. The van der Waals surface area contributed by atoms with Crippen molar-refractivity contribution in [3.8, 4) is 0 Å². The third-order valence-electron chi connectivity index (χ3n) is 5.41. The SMILES string of the molecule is O=C(c1cc(C(F)(F)F)[nH]n1)N1CCC[C@@](O)(CN2CCC(F)(F)CC2)CC1. The highest BCUT2D eigenvalue weighted by Gasteiger charge is 2.39. The molecule has 0 spiro atoms. The molecule has 0 aromatic carbocycles. The highest BCUT2D eigenvalue weighted by atomic mass is 19.4. The topological polar surface area (TPSA) is 72.5 Å². The summed E-state index contributed by atoms with van der Waals surface area (Å²) >= 11 is 0. The second kappa shape index (κ2) is 7.58. The molecule has 2 fully saturated rings. The Morgan fingerprint density at radius 1 is 1.14 bits per heavy atom. The van der Waals surface area contributed by atoms with Gasteiger partial charge in [0.25, 0.3) is 11.8 Å². The van der Waals surface area contributed by atoms with Gasteiger partial charge in [-0.2, -0.15) is 18.3 Å². The van der Waals surface area contributed by atoms with Crippen molar-refractivity contribution in [1.82, 2.24) is 20.0 Å². The average molecular weight is 410 g/mol. The summed E-state index contributed by atoms with van der Waals surface area (Å²) in [6.07, 6.45) is -4.03. The number of hydrogen-bond donors (Lipinski definition) is 2. The van der Waals surface area contributed by atoms with Crippen molar-refractivity contribution in [2.24, 2.45) is 0 Å². The number of alkyl halides is 5. The number of amides is 1. The van der Waals surface area contributed by atoms with Crippen LogP contribution in [0.4, 0.5) is 22.0 Å². The van der Waals surface area contributed by atoms with Crippen LogP contribution in [-0.4, -0.2) is 75.3 Å². The fraction of sp³-hybridized carbons (Fsp3) is 0.765. The Kier molecular flexibility index (Phi) is 5.68. The summed E-state index contributed by atoms with van der Waals surface area (Å²) in [6.45, 7) is 1.09. The van der Waals surface area contributed by atoms with E-state index in [0.717, 1.165) is 0 Å². The highest BCUT2D eigenvalue weighted by molar-refractivity contribution is 5.92. The first kappa shape index (κ1) is 21.0. The van der Waals surface area contributed by atoms with E-state index < -0.39 is 29.3 Å². The van der Waals surface area contributed by atoms with E-state index in [-0.39, 0.29) is 57.7 Å². The first-order valence-corrected chi connectivity index (χ1v) is 9.22. The summed E-state index contributed by atoms with van der Waals surface area (Å²) in [6, 6.07) is 0.674. The molecule has 1 atom stereocenters. The summed E-state index contributed by atoms with van der Waals surface area (Å²) in [5.74, 6) is -3.29. The minimum absolute atomic E-state index is 0.160. The zero-order valence-electron chi connectivity index (χ0n) is 15.2. The van der Waals surface area contributed by atoms with E-state index in [1.54, 1.807) is 4.90 Å². The number of β-amino-alcohol motifs (C(OH)–C–C–N with tert-alkyl or cyclic N) is 1. The third-order valence-corrected chi connectivity index (χ3v) is 5.41. The van der Waals surface area contributed by atoms with Gasteiger partial charge in [0.05, 0.1) is 5.60 Å². The monoisotopic (exact) mass is 410 g/mol. The van der Waals surface area contributed by atoms with Gasteiger partial charge in [-0.15, -0.1) is 0 Å². The van der Waals surface area contributed by atoms with Crippen LogP contribution in [0, 0.1) is 0 Å². The van der Waals surface area contributed by atoms with E-state index in [1.165, 1.54) is 4.90 Å². The zero-order valence-corrected chi connectivity index (χ0v) is 15.2. The van der Waals surface area contributed by atoms with Gasteiger partial charge in [0.15, 0.2) is 5.69 Å². The number of nitrogens with zero attached hydrogens (tertiary/aromatic N) is 3. The number of aliphatic hydroxyl groups is 1. The zero-order chi connectivity index (χ0) is 20.6. The van der Waals surface area contributed by atoms with Crippen molar-refractivity contribution >= 4 is 5.91 Å². The van der Waals surface area contributed by atoms with Crippen molar-refractivity contribution in [2.45, 2.75) is 49.8 Å². The number of halogens is 5. The van der Waals surface area contributed by atoms with E-state index >= 15 is 0 Å². The van der Waals surface area contributed by atoms with Crippen molar-refractivity contribution in [2.75, 3.05) is 32.7 Å². The van der Waals surface area contributed by atoms with E-state index in [2.05, 4.69) is 5.10 Å². The number of carbonyl (C=O) groups is 1. The molecule has 3 heterocycles. The molecule has 1 aromatic rings. The molecule has 2 N–H and O–H groups in total. The molecule has 2 aliphatic rings. The number of rotatable bonds is 3. The van der Waals surface area contributed by atoms with Crippen LogP contribution in [0.25, 0.3) is 0 Å². The lowest BCUT2D eigenvalue weighted by Crippen LogP contribution is -2.48. The van der Waals surface area contributed by atoms with Gasteiger partial charge in [-0.3, -0.25) is 9.89 Å². The summed E-state index contributed by atoms with van der Waals surface area (Å²) in [7, 11) is 0. The van der Waals surface area contributed by atoms with Gasteiger partial charge in [-0.1, -0.05) is 0 Å².